The van der Waals surface area contributed by atoms with Crippen molar-refractivity contribution in [3.63, 3.8) is 0 Å². The summed E-state index contributed by atoms with van der Waals surface area (Å²) in [6.45, 7) is 4.31. The lowest BCUT2D eigenvalue weighted by Crippen LogP contribution is -2.44. The van der Waals surface area contributed by atoms with Crippen LogP contribution in [0.15, 0.2) is 0 Å². The fourth-order valence-electron chi connectivity index (χ4n) is 2.40. The summed E-state index contributed by atoms with van der Waals surface area (Å²) in [6.07, 6.45) is 0.590. The van der Waals surface area contributed by atoms with Crippen molar-refractivity contribution in [2.45, 2.75) is 25.4 Å². The first kappa shape index (κ1) is 14.4. The molecule has 3 atom stereocenters. The largest absolute Gasteiger partial charge is 0.385 e. The van der Waals surface area contributed by atoms with Crippen molar-refractivity contribution in [1.29, 1.82) is 0 Å². The fraction of sp³-hybridized carbons (Fsp3) is 0.917. The summed E-state index contributed by atoms with van der Waals surface area (Å²) in [5.74, 6) is 0.557. The molecule has 1 aliphatic heterocycles. The highest BCUT2D eigenvalue weighted by Crippen LogP contribution is 2.20. The molecular formula is C12H25N3O2. The van der Waals surface area contributed by atoms with Gasteiger partial charge in [-0.15, -0.1) is 0 Å². The highest BCUT2D eigenvalue weighted by molar-refractivity contribution is 5.82. The molecule has 1 fully saturated rings. The zero-order valence-electron chi connectivity index (χ0n) is 11.3. The Labute approximate surface area is 104 Å². The number of hydrogen-bond donors (Lipinski definition) is 1. The number of rotatable bonds is 5. The summed E-state index contributed by atoms with van der Waals surface area (Å²) >= 11 is 0. The Morgan fingerprint density at radius 3 is 2.65 bits per heavy atom. The van der Waals surface area contributed by atoms with E-state index in [0.717, 1.165) is 13.1 Å². The summed E-state index contributed by atoms with van der Waals surface area (Å²) < 4.78 is 4.95. The number of ether oxygens (including phenoxy) is 1. The molecule has 0 aliphatic carbocycles. The zero-order valence-corrected chi connectivity index (χ0v) is 11.3. The van der Waals surface area contributed by atoms with Gasteiger partial charge in [0, 0.05) is 32.8 Å². The predicted octanol–water partition coefficient (Wildman–Crippen LogP) is -0.241. The Morgan fingerprint density at radius 1 is 1.53 bits per heavy atom. The summed E-state index contributed by atoms with van der Waals surface area (Å²) in [7, 11) is 5.73. The molecule has 1 amide bonds. The zero-order chi connectivity index (χ0) is 13.0. The second-order valence-corrected chi connectivity index (χ2v) is 5.14. The first-order chi connectivity index (χ1) is 7.97. The van der Waals surface area contributed by atoms with E-state index < -0.39 is 6.04 Å². The van der Waals surface area contributed by atoms with Crippen LogP contribution in [0.1, 0.15) is 13.3 Å². The molecule has 0 aromatic heterocycles. The quantitative estimate of drug-likeness (QED) is 0.724. The molecule has 0 spiro atoms. The Bertz CT molecular complexity index is 258. The number of likely N-dealkylation sites (N-methyl/N-ethyl adjacent to an activating group) is 1. The number of amides is 1. The van der Waals surface area contributed by atoms with Gasteiger partial charge < -0.3 is 20.3 Å². The van der Waals surface area contributed by atoms with Gasteiger partial charge in [0.05, 0.1) is 6.04 Å². The van der Waals surface area contributed by atoms with Gasteiger partial charge in [0.2, 0.25) is 5.91 Å². The van der Waals surface area contributed by atoms with Crippen LogP contribution in [0.4, 0.5) is 0 Å². The number of nitrogens with zero attached hydrogens (tertiary/aromatic N) is 2. The van der Waals surface area contributed by atoms with Gasteiger partial charge in [-0.1, -0.05) is 6.92 Å². The van der Waals surface area contributed by atoms with Crippen molar-refractivity contribution < 1.29 is 9.53 Å². The molecule has 5 nitrogen and oxygen atoms in total. The van der Waals surface area contributed by atoms with Gasteiger partial charge in [-0.3, -0.25) is 4.79 Å². The summed E-state index contributed by atoms with van der Waals surface area (Å²) in [5.41, 5.74) is 5.87. The lowest BCUT2D eigenvalue weighted by Gasteiger charge is -2.23. The van der Waals surface area contributed by atoms with Crippen molar-refractivity contribution in [1.82, 2.24) is 9.80 Å². The van der Waals surface area contributed by atoms with Gasteiger partial charge in [-0.25, -0.2) is 0 Å². The van der Waals surface area contributed by atoms with E-state index in [-0.39, 0.29) is 5.91 Å². The lowest BCUT2D eigenvalue weighted by molar-refractivity contribution is -0.132. The summed E-state index contributed by atoms with van der Waals surface area (Å²) in [4.78, 5) is 16.2. The average molecular weight is 243 g/mol. The van der Waals surface area contributed by atoms with E-state index in [1.54, 1.807) is 7.11 Å². The van der Waals surface area contributed by atoms with Crippen molar-refractivity contribution in [2.75, 3.05) is 40.9 Å². The van der Waals surface area contributed by atoms with Crippen LogP contribution in [-0.2, 0) is 9.53 Å². The number of hydrogen-bond acceptors (Lipinski definition) is 4. The number of nitrogens with two attached hydrogens (primary N) is 1. The Hall–Kier alpha value is -0.650. The molecule has 0 saturated carbocycles. The molecule has 1 rings (SSSR count). The van der Waals surface area contributed by atoms with Crippen molar-refractivity contribution >= 4 is 5.91 Å². The second kappa shape index (κ2) is 6.33. The van der Waals surface area contributed by atoms with Gasteiger partial charge in [0.15, 0.2) is 0 Å². The third kappa shape index (κ3) is 3.66. The van der Waals surface area contributed by atoms with E-state index in [9.17, 15) is 4.79 Å². The minimum absolute atomic E-state index is 0.0539. The van der Waals surface area contributed by atoms with Crippen LogP contribution in [0.2, 0.25) is 0 Å². The Balaban J connectivity index is 2.49. The maximum Gasteiger partial charge on any atom is 0.239 e. The van der Waals surface area contributed by atoms with Gasteiger partial charge in [0.1, 0.15) is 0 Å². The first-order valence-electron chi connectivity index (χ1n) is 6.17. The molecule has 3 unspecified atom stereocenters. The smallest absolute Gasteiger partial charge is 0.239 e. The van der Waals surface area contributed by atoms with E-state index in [0.29, 0.717) is 25.0 Å². The van der Waals surface area contributed by atoms with Crippen LogP contribution in [0.5, 0.6) is 0 Å². The highest BCUT2D eigenvalue weighted by Gasteiger charge is 2.35. The third-order valence-corrected chi connectivity index (χ3v) is 3.50. The maximum absolute atomic E-state index is 12.1. The van der Waals surface area contributed by atoms with Crippen LogP contribution in [0.3, 0.4) is 0 Å². The molecule has 100 valence electrons. The number of carbonyl (C=O) groups is 1. The van der Waals surface area contributed by atoms with Crippen molar-refractivity contribution in [3.8, 4) is 0 Å². The van der Waals surface area contributed by atoms with E-state index in [1.165, 1.54) is 0 Å². The normalized spacial score (nSPS) is 26.6. The molecule has 0 aromatic rings. The molecular weight excluding hydrogens is 218 g/mol. The molecule has 17 heavy (non-hydrogen) atoms. The molecule has 0 bridgehead atoms. The Kier molecular flexibility index (Phi) is 5.36. The molecule has 0 radical (unpaired) electrons. The summed E-state index contributed by atoms with van der Waals surface area (Å²) in [6, 6.07) is 0.0108. The van der Waals surface area contributed by atoms with E-state index >= 15 is 0 Å². The molecule has 1 aliphatic rings. The molecule has 1 saturated heterocycles. The molecule has 0 aromatic carbocycles. The van der Waals surface area contributed by atoms with Crippen LogP contribution in [-0.4, -0.2) is 68.7 Å². The van der Waals surface area contributed by atoms with Gasteiger partial charge in [-0.2, -0.15) is 0 Å². The van der Waals surface area contributed by atoms with Gasteiger partial charge in [-0.05, 0) is 26.4 Å². The second-order valence-electron chi connectivity index (χ2n) is 5.14. The van der Waals surface area contributed by atoms with Crippen LogP contribution in [0.25, 0.3) is 0 Å². The van der Waals surface area contributed by atoms with E-state index in [4.69, 9.17) is 10.5 Å². The van der Waals surface area contributed by atoms with Gasteiger partial charge in [0.25, 0.3) is 0 Å². The maximum atomic E-state index is 12.1. The van der Waals surface area contributed by atoms with E-state index in [1.807, 2.05) is 4.90 Å². The molecule has 5 heteroatoms. The standard InChI is InChI=1S/C12H25N3O2/c1-9-7-15(8-11(9)14(2)3)12(16)10(13)5-6-17-4/h9-11H,5-8,13H2,1-4H3. The van der Waals surface area contributed by atoms with Crippen LogP contribution < -0.4 is 5.73 Å². The minimum Gasteiger partial charge on any atom is -0.385 e. The Morgan fingerprint density at radius 2 is 2.18 bits per heavy atom. The van der Waals surface area contributed by atoms with Crippen molar-refractivity contribution in [3.05, 3.63) is 0 Å². The molecule has 2 N–H and O–H groups in total. The van der Waals surface area contributed by atoms with Crippen LogP contribution in [0, 0.1) is 5.92 Å². The first-order valence-corrected chi connectivity index (χ1v) is 6.17. The molecule has 1 heterocycles. The fourth-order valence-corrected chi connectivity index (χ4v) is 2.40. The van der Waals surface area contributed by atoms with E-state index in [2.05, 4.69) is 25.9 Å². The average Bonchev–Trinajstić information content (AvgIpc) is 2.67. The third-order valence-electron chi connectivity index (χ3n) is 3.50. The number of likely N-dealkylation sites (tertiary alicyclic amines) is 1. The topological polar surface area (TPSA) is 58.8 Å². The summed E-state index contributed by atoms with van der Waals surface area (Å²) in [5, 5.41) is 0. The van der Waals surface area contributed by atoms with Crippen LogP contribution >= 0.6 is 0 Å². The SMILES string of the molecule is COCCC(N)C(=O)N1CC(C)C(N(C)C)C1. The lowest BCUT2D eigenvalue weighted by atomic mass is 10.1. The predicted molar refractivity (Wildman–Crippen MR) is 67.7 cm³/mol. The minimum atomic E-state index is -0.428. The number of methoxy groups -OCH3 is 1. The number of carbonyl (C=O) groups excluding carboxylic acids is 1. The van der Waals surface area contributed by atoms with Crippen molar-refractivity contribution in [2.24, 2.45) is 11.7 Å². The monoisotopic (exact) mass is 243 g/mol. The van der Waals surface area contributed by atoms with Gasteiger partial charge >= 0.3 is 0 Å². The highest BCUT2D eigenvalue weighted by atomic mass is 16.5.